The van der Waals surface area contributed by atoms with Crippen molar-refractivity contribution in [2.24, 2.45) is 5.92 Å². The molecule has 3 aromatic carbocycles. The Morgan fingerprint density at radius 3 is 2.26 bits per heavy atom. The number of nitrogens with one attached hydrogen (secondary N) is 1. The van der Waals surface area contributed by atoms with Crippen molar-refractivity contribution in [3.63, 3.8) is 0 Å². The van der Waals surface area contributed by atoms with Crippen molar-refractivity contribution in [2.45, 2.75) is 59.0 Å². The molecule has 6 heteroatoms. The SMILES string of the molecule is CCCCCc1ccc(C(=O)Nc2ccc(-c3ccc4c(c3)C(=O)N([C@H](C(=O)OC)C(C)C)C4)cc2)cc1. The molecule has 6 nitrogen and oxygen atoms in total. The molecule has 4 rings (SSSR count). The summed E-state index contributed by atoms with van der Waals surface area (Å²) < 4.78 is 4.95. The molecule has 1 aliphatic heterocycles. The van der Waals surface area contributed by atoms with Crippen LogP contribution in [0, 0.1) is 5.92 Å². The number of unbranched alkanes of at least 4 members (excludes halogenated alkanes) is 2. The van der Waals surface area contributed by atoms with Crippen molar-refractivity contribution in [3.8, 4) is 11.1 Å². The van der Waals surface area contributed by atoms with Crippen LogP contribution in [0.5, 0.6) is 0 Å². The Morgan fingerprint density at radius 2 is 1.63 bits per heavy atom. The average Bonchev–Trinajstić information content (AvgIpc) is 3.24. The molecule has 1 heterocycles. The number of hydrogen-bond acceptors (Lipinski definition) is 4. The highest BCUT2D eigenvalue weighted by Crippen LogP contribution is 2.32. The van der Waals surface area contributed by atoms with Crippen LogP contribution in [0.1, 0.15) is 71.9 Å². The number of anilines is 1. The van der Waals surface area contributed by atoms with E-state index in [0.29, 0.717) is 23.4 Å². The summed E-state index contributed by atoms with van der Waals surface area (Å²) in [5.41, 5.74) is 5.91. The summed E-state index contributed by atoms with van der Waals surface area (Å²) in [5, 5.41) is 2.96. The van der Waals surface area contributed by atoms with Crippen molar-refractivity contribution in [1.29, 1.82) is 0 Å². The summed E-state index contributed by atoms with van der Waals surface area (Å²) >= 11 is 0. The van der Waals surface area contributed by atoms with Gasteiger partial charge in [-0.05, 0) is 71.3 Å². The molecule has 3 aromatic rings. The summed E-state index contributed by atoms with van der Waals surface area (Å²) in [6.07, 6.45) is 4.61. The van der Waals surface area contributed by atoms with Crippen LogP contribution in [0.25, 0.3) is 11.1 Å². The number of fused-ring (bicyclic) bond motifs is 1. The van der Waals surface area contributed by atoms with Crippen LogP contribution in [0.2, 0.25) is 0 Å². The molecule has 38 heavy (non-hydrogen) atoms. The van der Waals surface area contributed by atoms with E-state index in [1.807, 2.05) is 80.6 Å². The largest absolute Gasteiger partial charge is 0.467 e. The highest BCUT2D eigenvalue weighted by atomic mass is 16.5. The zero-order valence-corrected chi connectivity index (χ0v) is 22.6. The summed E-state index contributed by atoms with van der Waals surface area (Å²) in [6, 6.07) is 20.6. The number of nitrogens with zero attached hydrogens (tertiary/aromatic N) is 1. The van der Waals surface area contributed by atoms with E-state index in [1.54, 1.807) is 4.90 Å². The van der Waals surface area contributed by atoms with E-state index in [4.69, 9.17) is 4.74 Å². The first-order valence-electron chi connectivity index (χ1n) is 13.3. The highest BCUT2D eigenvalue weighted by Gasteiger charge is 2.38. The first-order chi connectivity index (χ1) is 18.3. The lowest BCUT2D eigenvalue weighted by Crippen LogP contribution is -2.45. The van der Waals surface area contributed by atoms with Crippen LogP contribution in [-0.2, 0) is 22.5 Å². The second kappa shape index (κ2) is 12.1. The summed E-state index contributed by atoms with van der Waals surface area (Å²) in [4.78, 5) is 39.9. The molecule has 0 radical (unpaired) electrons. The molecule has 0 fully saturated rings. The Balaban J connectivity index is 1.43. The van der Waals surface area contributed by atoms with E-state index in [0.717, 1.165) is 29.5 Å². The van der Waals surface area contributed by atoms with Gasteiger partial charge in [0.1, 0.15) is 6.04 Å². The maximum Gasteiger partial charge on any atom is 0.328 e. The number of methoxy groups -OCH3 is 1. The highest BCUT2D eigenvalue weighted by molar-refractivity contribution is 6.04. The smallest absolute Gasteiger partial charge is 0.328 e. The van der Waals surface area contributed by atoms with E-state index in [9.17, 15) is 14.4 Å². The van der Waals surface area contributed by atoms with Crippen LogP contribution < -0.4 is 5.32 Å². The van der Waals surface area contributed by atoms with Crippen molar-refractivity contribution in [2.75, 3.05) is 12.4 Å². The minimum Gasteiger partial charge on any atom is -0.467 e. The molecule has 1 N–H and O–H groups in total. The third-order valence-electron chi connectivity index (χ3n) is 7.11. The van der Waals surface area contributed by atoms with Gasteiger partial charge in [0.2, 0.25) is 0 Å². The number of hydrogen-bond donors (Lipinski definition) is 1. The molecule has 0 aliphatic carbocycles. The molecule has 0 aromatic heterocycles. The molecule has 1 aliphatic rings. The molecular formula is C32H36N2O4. The van der Waals surface area contributed by atoms with Gasteiger partial charge in [0.15, 0.2) is 0 Å². The lowest BCUT2D eigenvalue weighted by Gasteiger charge is -2.28. The fourth-order valence-corrected chi connectivity index (χ4v) is 4.96. The van der Waals surface area contributed by atoms with Gasteiger partial charge in [-0.3, -0.25) is 9.59 Å². The Morgan fingerprint density at radius 1 is 0.947 bits per heavy atom. The molecular weight excluding hydrogens is 476 g/mol. The third kappa shape index (κ3) is 5.96. The van der Waals surface area contributed by atoms with Crippen LogP contribution in [-0.4, -0.2) is 35.8 Å². The van der Waals surface area contributed by atoms with Crippen molar-refractivity contribution < 1.29 is 19.1 Å². The van der Waals surface area contributed by atoms with Gasteiger partial charge in [-0.25, -0.2) is 4.79 Å². The Hall–Kier alpha value is -3.93. The molecule has 2 amide bonds. The van der Waals surface area contributed by atoms with E-state index in [1.165, 1.54) is 25.5 Å². The number of amides is 2. The Kier molecular flexibility index (Phi) is 8.62. The van der Waals surface area contributed by atoms with Gasteiger partial charge in [-0.15, -0.1) is 0 Å². The van der Waals surface area contributed by atoms with Gasteiger partial charge >= 0.3 is 5.97 Å². The quantitative estimate of drug-likeness (QED) is 0.249. The molecule has 0 bridgehead atoms. The van der Waals surface area contributed by atoms with Gasteiger partial charge in [-0.1, -0.05) is 70.0 Å². The molecule has 0 spiro atoms. The number of carbonyl (C=O) groups excluding carboxylic acids is 3. The van der Waals surface area contributed by atoms with Gasteiger partial charge in [0.25, 0.3) is 11.8 Å². The van der Waals surface area contributed by atoms with Crippen molar-refractivity contribution in [3.05, 3.63) is 89.0 Å². The summed E-state index contributed by atoms with van der Waals surface area (Å²) in [6.45, 7) is 6.40. The number of ether oxygens (including phenoxy) is 1. The van der Waals surface area contributed by atoms with Gasteiger partial charge < -0.3 is 15.0 Å². The predicted octanol–water partition coefficient (Wildman–Crippen LogP) is 6.49. The minimum absolute atomic E-state index is 0.0633. The maximum absolute atomic E-state index is 13.2. The maximum atomic E-state index is 13.2. The molecule has 0 saturated carbocycles. The number of carbonyl (C=O) groups is 3. The number of aryl methyl sites for hydroxylation is 1. The average molecular weight is 513 g/mol. The van der Waals surface area contributed by atoms with Crippen LogP contribution >= 0.6 is 0 Å². The third-order valence-corrected chi connectivity index (χ3v) is 7.11. The van der Waals surface area contributed by atoms with E-state index in [2.05, 4.69) is 12.2 Å². The fraction of sp³-hybridized carbons (Fsp3) is 0.344. The van der Waals surface area contributed by atoms with Crippen molar-refractivity contribution in [1.82, 2.24) is 4.90 Å². The van der Waals surface area contributed by atoms with Gasteiger partial charge in [0.05, 0.1) is 7.11 Å². The lowest BCUT2D eigenvalue weighted by atomic mass is 10.00. The Bertz CT molecular complexity index is 1300. The van der Waals surface area contributed by atoms with Crippen LogP contribution in [0.4, 0.5) is 5.69 Å². The topological polar surface area (TPSA) is 75.7 Å². The standard InChI is InChI=1S/C32H36N2O4/c1-5-6-7-8-22-9-11-24(12-10-22)30(35)33-27-17-15-23(16-18-27)25-13-14-26-20-34(31(36)28(26)19-25)29(21(2)3)32(37)38-4/h9-19,21,29H,5-8,20H2,1-4H3,(H,33,35)/t29-/m0/s1. The second-order valence-corrected chi connectivity index (χ2v) is 10.2. The zero-order valence-electron chi connectivity index (χ0n) is 22.6. The zero-order chi connectivity index (χ0) is 27.2. The summed E-state index contributed by atoms with van der Waals surface area (Å²) in [7, 11) is 1.35. The lowest BCUT2D eigenvalue weighted by molar-refractivity contribution is -0.147. The number of esters is 1. The Labute approximate surface area is 225 Å². The summed E-state index contributed by atoms with van der Waals surface area (Å²) in [5.74, 6) is -0.772. The van der Waals surface area contributed by atoms with Crippen molar-refractivity contribution >= 4 is 23.5 Å². The number of rotatable bonds is 10. The fourth-order valence-electron chi connectivity index (χ4n) is 4.96. The first-order valence-corrected chi connectivity index (χ1v) is 13.3. The number of benzene rings is 3. The normalized spacial score (nSPS) is 13.4. The van der Waals surface area contributed by atoms with Gasteiger partial charge in [-0.2, -0.15) is 0 Å². The second-order valence-electron chi connectivity index (χ2n) is 10.2. The van der Waals surface area contributed by atoms with E-state index >= 15 is 0 Å². The molecule has 198 valence electrons. The molecule has 1 atom stereocenters. The first kappa shape index (κ1) is 27.1. The molecule has 0 saturated heterocycles. The van der Waals surface area contributed by atoms with Crippen LogP contribution in [0.15, 0.2) is 66.7 Å². The minimum atomic E-state index is -0.622. The van der Waals surface area contributed by atoms with Gasteiger partial charge in [0, 0.05) is 23.4 Å². The predicted molar refractivity (Wildman–Crippen MR) is 150 cm³/mol. The van der Waals surface area contributed by atoms with Crippen LogP contribution in [0.3, 0.4) is 0 Å². The monoisotopic (exact) mass is 512 g/mol. The molecule has 0 unspecified atom stereocenters. The van der Waals surface area contributed by atoms with E-state index < -0.39 is 12.0 Å². The van der Waals surface area contributed by atoms with E-state index in [-0.39, 0.29) is 17.7 Å².